The zero-order valence-electron chi connectivity index (χ0n) is 19.1. The van der Waals surface area contributed by atoms with Gasteiger partial charge in [0.1, 0.15) is 6.17 Å². The summed E-state index contributed by atoms with van der Waals surface area (Å²) < 4.78 is 0. The lowest BCUT2D eigenvalue weighted by Crippen LogP contribution is -2.52. The van der Waals surface area contributed by atoms with Gasteiger partial charge in [-0.3, -0.25) is 4.84 Å². The predicted octanol–water partition coefficient (Wildman–Crippen LogP) is 4.10. The Balaban J connectivity index is 5.51. The van der Waals surface area contributed by atoms with Gasteiger partial charge in [-0.2, -0.15) is 5.06 Å². The first-order valence-corrected chi connectivity index (χ1v) is 11.0. The van der Waals surface area contributed by atoms with E-state index in [4.69, 9.17) is 16.3 Å². The van der Waals surface area contributed by atoms with Crippen molar-refractivity contribution in [2.24, 2.45) is 16.5 Å². The summed E-state index contributed by atoms with van der Waals surface area (Å²) >= 11 is 0. The van der Waals surface area contributed by atoms with E-state index in [1.807, 2.05) is 6.92 Å². The summed E-state index contributed by atoms with van der Waals surface area (Å²) in [6.07, 6.45) is 6.97. The molecule has 0 heterocycles. The number of unbranched alkanes of at least 4 members (excludes halogenated alkanes) is 1. The van der Waals surface area contributed by atoms with Gasteiger partial charge in [0.05, 0.1) is 6.61 Å². The summed E-state index contributed by atoms with van der Waals surface area (Å²) in [6.45, 7) is 17.8. The van der Waals surface area contributed by atoms with Crippen molar-refractivity contribution in [1.29, 1.82) is 0 Å². The van der Waals surface area contributed by atoms with Crippen molar-refractivity contribution >= 4 is 5.96 Å². The van der Waals surface area contributed by atoms with E-state index >= 15 is 0 Å². The summed E-state index contributed by atoms with van der Waals surface area (Å²) in [7, 11) is 0. The van der Waals surface area contributed by atoms with Crippen LogP contribution >= 0.6 is 0 Å². The van der Waals surface area contributed by atoms with Gasteiger partial charge in [-0.1, -0.05) is 47.5 Å². The second-order valence-corrected chi connectivity index (χ2v) is 8.00. The number of hydrogen-bond acceptors (Lipinski definition) is 4. The molecule has 0 saturated heterocycles. The van der Waals surface area contributed by atoms with Crippen molar-refractivity contribution in [3.8, 4) is 0 Å². The molecule has 0 aromatic rings. The van der Waals surface area contributed by atoms with Gasteiger partial charge >= 0.3 is 0 Å². The molecule has 0 fully saturated rings. The van der Waals surface area contributed by atoms with Crippen molar-refractivity contribution in [2.45, 2.75) is 111 Å². The van der Waals surface area contributed by atoms with Gasteiger partial charge in [-0.05, 0) is 46.0 Å². The minimum absolute atomic E-state index is 0.0820. The van der Waals surface area contributed by atoms with Gasteiger partial charge in [0.25, 0.3) is 0 Å². The Bertz CT molecular complexity index is 400. The SMILES string of the molecule is CCCCN(C(N)=NC(N)CC)C(CCC)CC(C)(C)N(CC)OCCC. The molecule has 6 nitrogen and oxygen atoms in total. The molecule has 0 rings (SSSR count). The lowest BCUT2D eigenvalue weighted by molar-refractivity contribution is -0.216. The first-order chi connectivity index (χ1) is 12.8. The smallest absolute Gasteiger partial charge is 0.193 e. The Morgan fingerprint density at radius 3 is 2.22 bits per heavy atom. The molecule has 6 heteroatoms. The van der Waals surface area contributed by atoms with Crippen LogP contribution in [0.1, 0.15) is 93.4 Å². The van der Waals surface area contributed by atoms with Crippen molar-refractivity contribution in [2.75, 3.05) is 19.7 Å². The molecule has 2 unspecified atom stereocenters. The van der Waals surface area contributed by atoms with Gasteiger partial charge in [-0.25, -0.2) is 4.99 Å². The second kappa shape index (κ2) is 14.2. The maximum absolute atomic E-state index is 6.43. The molecule has 0 bridgehead atoms. The summed E-state index contributed by atoms with van der Waals surface area (Å²) in [5.74, 6) is 0.588. The molecule has 0 aromatic heterocycles. The predicted molar refractivity (Wildman–Crippen MR) is 118 cm³/mol. The van der Waals surface area contributed by atoms with Crippen LogP contribution in [0, 0.1) is 0 Å². The fraction of sp³-hybridized carbons (Fsp3) is 0.952. The van der Waals surface area contributed by atoms with E-state index in [0.29, 0.717) is 12.0 Å². The van der Waals surface area contributed by atoms with Crippen LogP contribution in [0.25, 0.3) is 0 Å². The van der Waals surface area contributed by atoms with Crippen molar-refractivity contribution < 1.29 is 4.84 Å². The highest BCUT2D eigenvalue weighted by molar-refractivity contribution is 5.78. The minimum Gasteiger partial charge on any atom is -0.370 e. The highest BCUT2D eigenvalue weighted by Gasteiger charge is 2.33. The first-order valence-electron chi connectivity index (χ1n) is 11.0. The second-order valence-electron chi connectivity index (χ2n) is 8.00. The summed E-state index contributed by atoms with van der Waals surface area (Å²) in [5.41, 5.74) is 12.4. The standard InChI is InChI=1S/C21H47N5O/c1-8-13-15-25(20(23)24-19(22)11-4)18(14-9-2)17-21(6,7)26(12-5)27-16-10-3/h18-19H,8-17,22H2,1-7H3,(H2,23,24). The van der Waals surface area contributed by atoms with E-state index in [-0.39, 0.29) is 11.7 Å². The quantitative estimate of drug-likeness (QED) is 0.252. The van der Waals surface area contributed by atoms with Crippen molar-refractivity contribution in [3.05, 3.63) is 0 Å². The zero-order valence-corrected chi connectivity index (χ0v) is 19.1. The zero-order chi connectivity index (χ0) is 20.9. The van der Waals surface area contributed by atoms with Crippen molar-refractivity contribution in [3.63, 3.8) is 0 Å². The average Bonchev–Trinajstić information content (AvgIpc) is 2.62. The van der Waals surface area contributed by atoms with E-state index in [9.17, 15) is 0 Å². The molecule has 0 spiro atoms. The Morgan fingerprint density at radius 1 is 1.07 bits per heavy atom. The van der Waals surface area contributed by atoms with Crippen LogP contribution in [0.15, 0.2) is 4.99 Å². The molecule has 27 heavy (non-hydrogen) atoms. The van der Waals surface area contributed by atoms with Crippen LogP contribution < -0.4 is 11.5 Å². The third-order valence-electron chi connectivity index (χ3n) is 4.97. The van der Waals surface area contributed by atoms with Gasteiger partial charge in [0.2, 0.25) is 0 Å². The fourth-order valence-corrected chi connectivity index (χ4v) is 3.42. The Hall–Kier alpha value is -0.850. The van der Waals surface area contributed by atoms with E-state index in [0.717, 1.165) is 64.6 Å². The number of hydroxylamine groups is 2. The van der Waals surface area contributed by atoms with Crippen LogP contribution in [-0.4, -0.2) is 53.4 Å². The topological polar surface area (TPSA) is 80.1 Å². The number of hydrogen-bond donors (Lipinski definition) is 2. The molecular weight excluding hydrogens is 338 g/mol. The molecule has 0 aliphatic rings. The number of nitrogens with two attached hydrogens (primary N) is 2. The lowest BCUT2D eigenvalue weighted by Gasteiger charge is -2.42. The lowest BCUT2D eigenvalue weighted by atomic mass is 9.91. The molecular formula is C21H47N5O. The number of aliphatic imine (C=N–C) groups is 1. The molecule has 0 aromatic carbocycles. The Labute approximate surface area is 168 Å². The van der Waals surface area contributed by atoms with E-state index in [2.05, 4.69) is 56.5 Å². The van der Waals surface area contributed by atoms with Crippen molar-refractivity contribution in [1.82, 2.24) is 9.96 Å². The third-order valence-corrected chi connectivity index (χ3v) is 4.97. The van der Waals surface area contributed by atoms with E-state index < -0.39 is 0 Å². The highest BCUT2D eigenvalue weighted by atomic mass is 16.7. The third kappa shape index (κ3) is 9.77. The summed E-state index contributed by atoms with van der Waals surface area (Å²) in [5, 5.41) is 2.13. The normalized spacial score (nSPS) is 15.2. The largest absolute Gasteiger partial charge is 0.370 e. The van der Waals surface area contributed by atoms with Gasteiger partial charge in [0.15, 0.2) is 5.96 Å². The molecule has 0 aliphatic carbocycles. The van der Waals surface area contributed by atoms with Crippen LogP contribution in [0.5, 0.6) is 0 Å². The first kappa shape index (κ1) is 26.1. The Kier molecular flexibility index (Phi) is 13.7. The number of rotatable bonds is 15. The molecule has 162 valence electrons. The molecule has 0 saturated carbocycles. The van der Waals surface area contributed by atoms with Crippen LogP contribution in [-0.2, 0) is 4.84 Å². The van der Waals surface area contributed by atoms with Crippen LogP contribution in [0.2, 0.25) is 0 Å². The minimum atomic E-state index is -0.232. The summed E-state index contributed by atoms with van der Waals surface area (Å²) in [4.78, 5) is 12.9. The monoisotopic (exact) mass is 385 g/mol. The maximum atomic E-state index is 6.43. The average molecular weight is 386 g/mol. The molecule has 0 amide bonds. The number of guanidine groups is 1. The molecule has 0 aliphatic heterocycles. The van der Waals surface area contributed by atoms with E-state index in [1.165, 1.54) is 0 Å². The van der Waals surface area contributed by atoms with Crippen LogP contribution in [0.3, 0.4) is 0 Å². The number of nitrogens with zero attached hydrogens (tertiary/aromatic N) is 3. The summed E-state index contributed by atoms with van der Waals surface area (Å²) in [6, 6.07) is 0.323. The molecule has 2 atom stereocenters. The maximum Gasteiger partial charge on any atom is 0.193 e. The van der Waals surface area contributed by atoms with E-state index in [1.54, 1.807) is 0 Å². The van der Waals surface area contributed by atoms with Gasteiger partial charge in [-0.15, -0.1) is 0 Å². The molecule has 4 N–H and O–H groups in total. The van der Waals surface area contributed by atoms with Crippen LogP contribution in [0.4, 0.5) is 0 Å². The van der Waals surface area contributed by atoms with Gasteiger partial charge < -0.3 is 16.4 Å². The highest BCUT2D eigenvalue weighted by Crippen LogP contribution is 2.26. The van der Waals surface area contributed by atoms with Gasteiger partial charge in [0, 0.05) is 24.7 Å². The fourth-order valence-electron chi connectivity index (χ4n) is 3.42. The molecule has 0 radical (unpaired) electrons. The Morgan fingerprint density at radius 2 is 1.74 bits per heavy atom.